The molecule has 0 aromatic heterocycles. The summed E-state index contributed by atoms with van der Waals surface area (Å²) in [4.78, 5) is 0. The van der Waals surface area contributed by atoms with Crippen LogP contribution in [0.3, 0.4) is 0 Å². The standard InChI is InChI=1S/C16H18FNO2/c1-3-20-13-9-5-4-7-11(13)16(18)15-12(17)8-6-10-14(15)19-2/h4-10,16H,3,18H2,1-2H3. The third kappa shape index (κ3) is 2.75. The molecule has 0 bridgehead atoms. The SMILES string of the molecule is CCOc1ccccc1C(N)c1c(F)cccc1OC. The highest BCUT2D eigenvalue weighted by Crippen LogP contribution is 2.34. The summed E-state index contributed by atoms with van der Waals surface area (Å²) in [5, 5.41) is 0. The number of methoxy groups -OCH3 is 1. The van der Waals surface area contributed by atoms with Crippen molar-refractivity contribution in [3.63, 3.8) is 0 Å². The fourth-order valence-corrected chi connectivity index (χ4v) is 2.18. The van der Waals surface area contributed by atoms with Crippen LogP contribution in [-0.2, 0) is 0 Å². The van der Waals surface area contributed by atoms with E-state index in [0.29, 0.717) is 23.7 Å². The van der Waals surface area contributed by atoms with Gasteiger partial charge in [0, 0.05) is 5.56 Å². The molecular formula is C16H18FNO2. The topological polar surface area (TPSA) is 44.5 Å². The minimum absolute atomic E-state index is 0.335. The number of benzene rings is 2. The predicted octanol–water partition coefficient (Wildman–Crippen LogP) is 3.28. The summed E-state index contributed by atoms with van der Waals surface area (Å²) in [7, 11) is 1.50. The first kappa shape index (κ1) is 14.3. The lowest BCUT2D eigenvalue weighted by Crippen LogP contribution is -2.16. The van der Waals surface area contributed by atoms with Crippen molar-refractivity contribution in [2.75, 3.05) is 13.7 Å². The number of para-hydroxylation sites is 1. The fraction of sp³-hybridized carbons (Fsp3) is 0.250. The third-order valence-corrected chi connectivity index (χ3v) is 3.10. The number of halogens is 1. The predicted molar refractivity (Wildman–Crippen MR) is 76.6 cm³/mol. The van der Waals surface area contributed by atoms with Crippen LogP contribution in [0.1, 0.15) is 24.1 Å². The summed E-state index contributed by atoms with van der Waals surface area (Å²) in [6.45, 7) is 2.42. The summed E-state index contributed by atoms with van der Waals surface area (Å²) >= 11 is 0. The van der Waals surface area contributed by atoms with Gasteiger partial charge in [0.1, 0.15) is 17.3 Å². The number of nitrogens with two attached hydrogens (primary N) is 1. The van der Waals surface area contributed by atoms with Gasteiger partial charge in [-0.2, -0.15) is 0 Å². The van der Waals surface area contributed by atoms with Crippen LogP contribution < -0.4 is 15.2 Å². The molecule has 0 spiro atoms. The van der Waals surface area contributed by atoms with Crippen molar-refractivity contribution >= 4 is 0 Å². The van der Waals surface area contributed by atoms with Crippen LogP contribution in [-0.4, -0.2) is 13.7 Å². The van der Waals surface area contributed by atoms with E-state index >= 15 is 0 Å². The number of hydrogen-bond acceptors (Lipinski definition) is 3. The first-order valence-electron chi connectivity index (χ1n) is 6.48. The Kier molecular flexibility index (Phi) is 4.58. The van der Waals surface area contributed by atoms with Gasteiger partial charge in [-0.15, -0.1) is 0 Å². The molecule has 2 aromatic rings. The van der Waals surface area contributed by atoms with Gasteiger partial charge in [-0.1, -0.05) is 24.3 Å². The first-order valence-corrected chi connectivity index (χ1v) is 6.48. The van der Waals surface area contributed by atoms with Crippen molar-refractivity contribution in [3.05, 3.63) is 59.4 Å². The van der Waals surface area contributed by atoms with Crippen LogP contribution in [0.2, 0.25) is 0 Å². The van der Waals surface area contributed by atoms with Gasteiger partial charge in [-0.05, 0) is 25.1 Å². The normalized spacial score (nSPS) is 12.0. The van der Waals surface area contributed by atoms with Gasteiger partial charge in [0.2, 0.25) is 0 Å². The fourth-order valence-electron chi connectivity index (χ4n) is 2.18. The summed E-state index contributed by atoms with van der Waals surface area (Å²) < 4.78 is 24.8. The summed E-state index contributed by atoms with van der Waals surface area (Å²) in [5.74, 6) is 0.708. The van der Waals surface area contributed by atoms with E-state index in [-0.39, 0.29) is 5.82 Å². The van der Waals surface area contributed by atoms with Crippen LogP contribution in [0.4, 0.5) is 4.39 Å². The number of hydrogen-bond donors (Lipinski definition) is 1. The van der Waals surface area contributed by atoms with Crippen LogP contribution in [0, 0.1) is 5.82 Å². The molecule has 2 aromatic carbocycles. The maximum atomic E-state index is 14.1. The number of ether oxygens (including phenoxy) is 2. The van der Waals surface area contributed by atoms with Crippen LogP contribution in [0.25, 0.3) is 0 Å². The highest BCUT2D eigenvalue weighted by molar-refractivity contribution is 5.46. The van der Waals surface area contributed by atoms with E-state index < -0.39 is 6.04 Å². The molecule has 0 saturated carbocycles. The Morgan fingerprint density at radius 3 is 2.50 bits per heavy atom. The second-order valence-electron chi connectivity index (χ2n) is 4.30. The van der Waals surface area contributed by atoms with E-state index in [1.54, 1.807) is 12.1 Å². The van der Waals surface area contributed by atoms with E-state index in [2.05, 4.69) is 0 Å². The molecule has 0 amide bonds. The van der Waals surface area contributed by atoms with Gasteiger partial charge in [-0.3, -0.25) is 0 Å². The van der Waals surface area contributed by atoms with Crippen molar-refractivity contribution in [3.8, 4) is 11.5 Å². The van der Waals surface area contributed by atoms with Gasteiger partial charge in [0.25, 0.3) is 0 Å². The molecule has 0 saturated heterocycles. The van der Waals surface area contributed by atoms with Gasteiger partial charge >= 0.3 is 0 Å². The minimum Gasteiger partial charge on any atom is -0.496 e. The number of rotatable bonds is 5. The van der Waals surface area contributed by atoms with Crippen molar-refractivity contribution < 1.29 is 13.9 Å². The van der Waals surface area contributed by atoms with Gasteiger partial charge in [0.05, 0.1) is 25.3 Å². The quantitative estimate of drug-likeness (QED) is 0.910. The average Bonchev–Trinajstić information content (AvgIpc) is 2.47. The van der Waals surface area contributed by atoms with E-state index in [4.69, 9.17) is 15.2 Å². The molecule has 0 radical (unpaired) electrons. The highest BCUT2D eigenvalue weighted by Gasteiger charge is 2.21. The molecule has 4 heteroatoms. The van der Waals surface area contributed by atoms with E-state index in [1.807, 2.05) is 31.2 Å². The van der Waals surface area contributed by atoms with Crippen molar-refractivity contribution in [1.82, 2.24) is 0 Å². The Hall–Kier alpha value is -2.07. The minimum atomic E-state index is -0.645. The first-order chi connectivity index (χ1) is 9.69. The molecule has 2 rings (SSSR count). The van der Waals surface area contributed by atoms with Gasteiger partial charge < -0.3 is 15.2 Å². The Morgan fingerprint density at radius 2 is 1.80 bits per heavy atom. The van der Waals surface area contributed by atoms with Gasteiger partial charge in [-0.25, -0.2) is 4.39 Å². The van der Waals surface area contributed by atoms with Crippen LogP contribution in [0.5, 0.6) is 11.5 Å². The molecule has 20 heavy (non-hydrogen) atoms. The zero-order chi connectivity index (χ0) is 14.5. The van der Waals surface area contributed by atoms with Crippen LogP contribution in [0.15, 0.2) is 42.5 Å². The Bertz CT molecular complexity index is 586. The molecule has 1 atom stereocenters. The lowest BCUT2D eigenvalue weighted by atomic mass is 9.97. The molecular weight excluding hydrogens is 257 g/mol. The van der Waals surface area contributed by atoms with Crippen molar-refractivity contribution in [2.45, 2.75) is 13.0 Å². The molecule has 0 aliphatic rings. The molecule has 1 unspecified atom stereocenters. The van der Waals surface area contributed by atoms with E-state index in [1.165, 1.54) is 13.2 Å². The Labute approximate surface area is 118 Å². The Balaban J connectivity index is 2.49. The summed E-state index contributed by atoms with van der Waals surface area (Å²) in [6, 6.07) is 11.4. The molecule has 3 nitrogen and oxygen atoms in total. The highest BCUT2D eigenvalue weighted by atomic mass is 19.1. The lowest BCUT2D eigenvalue weighted by Gasteiger charge is -2.19. The zero-order valence-corrected chi connectivity index (χ0v) is 11.6. The second kappa shape index (κ2) is 6.39. The van der Waals surface area contributed by atoms with E-state index in [9.17, 15) is 4.39 Å². The summed E-state index contributed by atoms with van der Waals surface area (Å²) in [5.41, 5.74) is 7.29. The average molecular weight is 275 g/mol. The second-order valence-corrected chi connectivity index (χ2v) is 4.30. The molecule has 2 N–H and O–H groups in total. The van der Waals surface area contributed by atoms with Crippen LogP contribution >= 0.6 is 0 Å². The maximum absolute atomic E-state index is 14.1. The molecule has 0 heterocycles. The maximum Gasteiger partial charge on any atom is 0.132 e. The Morgan fingerprint density at radius 1 is 1.10 bits per heavy atom. The monoisotopic (exact) mass is 275 g/mol. The molecule has 0 aliphatic carbocycles. The van der Waals surface area contributed by atoms with Gasteiger partial charge in [0.15, 0.2) is 0 Å². The van der Waals surface area contributed by atoms with E-state index in [0.717, 1.165) is 5.56 Å². The largest absolute Gasteiger partial charge is 0.496 e. The van der Waals surface area contributed by atoms with Crippen molar-refractivity contribution in [2.24, 2.45) is 5.73 Å². The summed E-state index contributed by atoms with van der Waals surface area (Å²) in [6.07, 6.45) is 0. The third-order valence-electron chi connectivity index (χ3n) is 3.10. The zero-order valence-electron chi connectivity index (χ0n) is 11.6. The molecule has 0 aliphatic heterocycles. The lowest BCUT2D eigenvalue weighted by molar-refractivity contribution is 0.334. The molecule has 106 valence electrons. The van der Waals surface area contributed by atoms with Crippen molar-refractivity contribution in [1.29, 1.82) is 0 Å². The smallest absolute Gasteiger partial charge is 0.132 e. The molecule has 0 fully saturated rings.